The van der Waals surface area contributed by atoms with Crippen molar-refractivity contribution in [2.75, 3.05) is 0 Å². The van der Waals surface area contributed by atoms with Gasteiger partial charge in [-0.25, -0.2) is 8.78 Å². The lowest BCUT2D eigenvalue weighted by Gasteiger charge is -2.38. The van der Waals surface area contributed by atoms with Gasteiger partial charge in [0, 0.05) is 0 Å². The van der Waals surface area contributed by atoms with Crippen LogP contribution in [0.25, 0.3) is 0 Å². The molecule has 0 radical (unpaired) electrons. The molecule has 1 aromatic carbocycles. The Hall–Kier alpha value is -0.190. The summed E-state index contributed by atoms with van der Waals surface area (Å²) in [4.78, 5) is 0. The second-order valence-corrected chi connectivity index (χ2v) is 10.6. The highest BCUT2D eigenvalue weighted by Crippen LogP contribution is 2.43. The molecule has 0 atom stereocenters. The van der Waals surface area contributed by atoms with Crippen molar-refractivity contribution < 1.29 is 8.78 Å². The van der Waals surface area contributed by atoms with E-state index >= 15 is 0 Å². The van der Waals surface area contributed by atoms with E-state index in [2.05, 4.69) is 6.92 Å². The predicted octanol–water partition coefficient (Wildman–Crippen LogP) is 8.70. The number of unbranched alkanes of at least 4 members (excludes halogenated alkanes) is 1. The molecule has 0 unspecified atom stereocenters. The minimum Gasteiger partial charge on any atom is -0.203 e. The zero-order valence-corrected chi connectivity index (χ0v) is 19.7. The molecule has 0 spiro atoms. The maximum absolute atomic E-state index is 14.0. The molecule has 2 aliphatic carbocycles. The molecule has 0 bridgehead atoms. The lowest BCUT2D eigenvalue weighted by Crippen LogP contribution is -2.25. The van der Waals surface area contributed by atoms with E-state index in [4.69, 9.17) is 0 Å². The molecule has 28 heavy (non-hydrogen) atoms. The van der Waals surface area contributed by atoms with Crippen LogP contribution >= 0.6 is 22.6 Å². The van der Waals surface area contributed by atoms with E-state index in [0.717, 1.165) is 36.5 Å². The number of aryl methyl sites for hydroxylation is 1. The van der Waals surface area contributed by atoms with Crippen LogP contribution < -0.4 is 0 Å². The average molecular weight is 502 g/mol. The number of hydrogen-bond donors (Lipinski definition) is 0. The van der Waals surface area contributed by atoms with E-state index in [9.17, 15) is 8.78 Å². The Morgan fingerprint density at radius 1 is 0.786 bits per heavy atom. The van der Waals surface area contributed by atoms with Crippen LogP contribution in [0.4, 0.5) is 8.78 Å². The van der Waals surface area contributed by atoms with Crippen LogP contribution in [0.15, 0.2) is 12.1 Å². The summed E-state index contributed by atoms with van der Waals surface area (Å²) in [7, 11) is 0. The molecule has 0 amide bonds. The fraction of sp³-hybridized carbons (Fsp3) is 0.760. The van der Waals surface area contributed by atoms with Gasteiger partial charge in [-0.1, -0.05) is 64.4 Å². The van der Waals surface area contributed by atoms with Crippen molar-refractivity contribution in [2.24, 2.45) is 23.7 Å². The zero-order valence-electron chi connectivity index (χ0n) is 17.5. The molecular weight excluding hydrogens is 465 g/mol. The summed E-state index contributed by atoms with van der Waals surface area (Å²) in [6.07, 6.45) is 18.4. The van der Waals surface area contributed by atoms with Gasteiger partial charge in [-0.2, -0.15) is 0 Å². The van der Waals surface area contributed by atoms with Crippen LogP contribution in [0.5, 0.6) is 0 Å². The molecule has 2 fully saturated rings. The van der Waals surface area contributed by atoms with E-state index < -0.39 is 11.6 Å². The van der Waals surface area contributed by atoms with Gasteiger partial charge in [0.25, 0.3) is 0 Å². The summed E-state index contributed by atoms with van der Waals surface area (Å²) >= 11 is 1.85. The third-order valence-electron chi connectivity index (χ3n) is 7.57. The summed E-state index contributed by atoms with van der Waals surface area (Å²) < 4.78 is 28.0. The van der Waals surface area contributed by atoms with E-state index in [1.165, 1.54) is 70.6 Å². The van der Waals surface area contributed by atoms with E-state index in [-0.39, 0.29) is 0 Å². The first-order valence-electron chi connectivity index (χ1n) is 11.7. The first-order chi connectivity index (χ1) is 13.6. The lowest BCUT2D eigenvalue weighted by molar-refractivity contribution is 0.140. The minimum absolute atomic E-state index is 0.370. The molecule has 0 aliphatic heterocycles. The van der Waals surface area contributed by atoms with Crippen LogP contribution in [0, 0.1) is 38.9 Å². The fourth-order valence-electron chi connectivity index (χ4n) is 5.81. The van der Waals surface area contributed by atoms with Crippen molar-refractivity contribution in [3.63, 3.8) is 0 Å². The molecule has 3 rings (SSSR count). The number of rotatable bonds is 8. The van der Waals surface area contributed by atoms with Crippen molar-refractivity contribution in [3.05, 3.63) is 32.9 Å². The standard InChI is InChI=1S/C25H37F2I/c1-2-5-18-8-12-20(13-9-18)21-14-10-19(11-15-21)6-3-4-7-22-16-17-23(28)25(27)24(22)26/h16-21H,2-15H2,1H3/t18-,19?,20-,21?. The first-order valence-corrected chi connectivity index (χ1v) is 12.8. The lowest BCUT2D eigenvalue weighted by atomic mass is 9.68. The van der Waals surface area contributed by atoms with Gasteiger partial charge in [-0.05, 0) is 96.4 Å². The largest absolute Gasteiger partial charge is 0.203 e. The molecule has 2 aliphatic rings. The fourth-order valence-corrected chi connectivity index (χ4v) is 6.23. The predicted molar refractivity (Wildman–Crippen MR) is 122 cm³/mol. The molecule has 2 saturated carbocycles. The average Bonchev–Trinajstić information content (AvgIpc) is 2.72. The molecule has 158 valence electrons. The number of hydrogen-bond acceptors (Lipinski definition) is 0. The molecule has 0 heterocycles. The van der Waals surface area contributed by atoms with Crippen molar-refractivity contribution in [2.45, 2.75) is 96.8 Å². The molecule has 0 nitrogen and oxygen atoms in total. The second-order valence-electron chi connectivity index (χ2n) is 9.43. The van der Waals surface area contributed by atoms with Crippen LogP contribution in [0.3, 0.4) is 0 Å². The van der Waals surface area contributed by atoms with E-state index in [1.54, 1.807) is 12.1 Å². The SMILES string of the molecule is CCC[C@H]1CC[C@H](C2CCC(CCCCc3ccc(I)c(F)c3F)CC2)CC1. The zero-order chi connectivity index (χ0) is 19.9. The highest BCUT2D eigenvalue weighted by molar-refractivity contribution is 14.1. The van der Waals surface area contributed by atoms with E-state index in [1.807, 2.05) is 22.6 Å². The van der Waals surface area contributed by atoms with E-state index in [0.29, 0.717) is 15.6 Å². The summed E-state index contributed by atoms with van der Waals surface area (Å²) in [5.41, 5.74) is 0.542. The van der Waals surface area contributed by atoms with Crippen molar-refractivity contribution in [1.82, 2.24) is 0 Å². The van der Waals surface area contributed by atoms with Gasteiger partial charge < -0.3 is 0 Å². The van der Waals surface area contributed by atoms with Gasteiger partial charge in [0.05, 0.1) is 3.57 Å². The van der Waals surface area contributed by atoms with Gasteiger partial charge in [-0.15, -0.1) is 0 Å². The smallest absolute Gasteiger partial charge is 0.172 e. The molecular formula is C25H37F2I. The van der Waals surface area contributed by atoms with Gasteiger partial charge in [0.2, 0.25) is 0 Å². The Morgan fingerprint density at radius 3 is 1.93 bits per heavy atom. The van der Waals surface area contributed by atoms with Crippen molar-refractivity contribution in [3.8, 4) is 0 Å². The summed E-state index contributed by atoms with van der Waals surface area (Å²) in [6.45, 7) is 2.32. The van der Waals surface area contributed by atoms with Crippen molar-refractivity contribution in [1.29, 1.82) is 0 Å². The summed E-state index contributed by atoms with van der Waals surface area (Å²) in [6, 6.07) is 3.44. The third-order valence-corrected chi connectivity index (χ3v) is 8.40. The second kappa shape index (κ2) is 11.3. The molecule has 3 heteroatoms. The number of benzene rings is 1. The van der Waals surface area contributed by atoms with Crippen LogP contribution in [-0.2, 0) is 6.42 Å². The highest BCUT2D eigenvalue weighted by atomic mass is 127. The Labute approximate surface area is 184 Å². The third kappa shape index (κ3) is 6.15. The van der Waals surface area contributed by atoms with Crippen LogP contribution in [0.2, 0.25) is 0 Å². The highest BCUT2D eigenvalue weighted by Gasteiger charge is 2.30. The summed E-state index contributed by atoms with van der Waals surface area (Å²) in [5, 5.41) is 0. The molecule has 0 N–H and O–H groups in total. The van der Waals surface area contributed by atoms with Gasteiger partial charge in [-0.3, -0.25) is 0 Å². The molecule has 0 saturated heterocycles. The van der Waals surface area contributed by atoms with Crippen molar-refractivity contribution >= 4 is 22.6 Å². The Kier molecular flexibility index (Phi) is 9.05. The molecule has 0 aromatic heterocycles. The summed E-state index contributed by atoms with van der Waals surface area (Å²) in [5.74, 6) is 2.56. The Balaban J connectivity index is 1.31. The Bertz CT molecular complexity index is 599. The quantitative estimate of drug-likeness (QED) is 0.190. The normalized spacial score (nSPS) is 28.4. The maximum atomic E-state index is 14.0. The molecule has 1 aromatic rings. The Morgan fingerprint density at radius 2 is 1.36 bits per heavy atom. The topological polar surface area (TPSA) is 0 Å². The van der Waals surface area contributed by atoms with Gasteiger partial charge in [0.15, 0.2) is 11.6 Å². The van der Waals surface area contributed by atoms with Crippen LogP contribution in [-0.4, -0.2) is 0 Å². The first kappa shape index (κ1) is 22.5. The van der Waals surface area contributed by atoms with Gasteiger partial charge >= 0.3 is 0 Å². The maximum Gasteiger partial charge on any atom is 0.172 e. The van der Waals surface area contributed by atoms with Gasteiger partial charge in [0.1, 0.15) is 0 Å². The van der Waals surface area contributed by atoms with Crippen LogP contribution in [0.1, 0.15) is 96.0 Å². The minimum atomic E-state index is -0.680. The monoisotopic (exact) mass is 502 g/mol. The number of halogens is 3.